The van der Waals surface area contributed by atoms with Crippen LogP contribution in [0.1, 0.15) is 27.5 Å². The highest BCUT2D eigenvalue weighted by Gasteiger charge is 2.36. The Balaban J connectivity index is 2.06. The molecule has 7 nitrogen and oxygen atoms in total. The normalized spacial score (nSPS) is 11.9. The van der Waals surface area contributed by atoms with Crippen LogP contribution >= 0.6 is 0 Å². The number of hydrogen-bond donors (Lipinski definition) is 1. The standard InChI is InChI=1S/C23H21N3O4S/c1-16-8-14-20(15-9-16)31(28,29)26-21(17-10-12-19(30-2)13-11-17)22(25-24)23(27)18-6-4-3-5-7-18/h3-15,21,26H,1-2H3. The zero-order chi connectivity index (χ0) is 22.4. The van der Waals surface area contributed by atoms with Gasteiger partial charge in [0.15, 0.2) is 6.04 Å². The summed E-state index contributed by atoms with van der Waals surface area (Å²) in [6.07, 6.45) is 0. The molecule has 31 heavy (non-hydrogen) atoms. The van der Waals surface area contributed by atoms with Crippen molar-refractivity contribution in [1.29, 1.82) is 0 Å². The zero-order valence-corrected chi connectivity index (χ0v) is 17.8. The van der Waals surface area contributed by atoms with Gasteiger partial charge in [0.05, 0.1) is 12.0 Å². The van der Waals surface area contributed by atoms with Gasteiger partial charge in [0.25, 0.3) is 5.78 Å². The van der Waals surface area contributed by atoms with Gasteiger partial charge in [-0.15, -0.1) is 0 Å². The minimum atomic E-state index is -4.04. The van der Waals surface area contributed by atoms with Crippen molar-refractivity contribution >= 4 is 21.5 Å². The number of ketones is 1. The van der Waals surface area contributed by atoms with Crippen LogP contribution in [0.4, 0.5) is 0 Å². The number of carbonyl (C=O) groups is 1. The highest BCUT2D eigenvalue weighted by molar-refractivity contribution is 7.89. The molecule has 0 aliphatic rings. The van der Waals surface area contributed by atoms with E-state index in [0.717, 1.165) is 5.56 Å². The monoisotopic (exact) mass is 435 g/mol. The van der Waals surface area contributed by atoms with Crippen molar-refractivity contribution < 1.29 is 22.7 Å². The molecule has 1 atom stereocenters. The molecule has 1 unspecified atom stereocenters. The molecule has 0 radical (unpaired) electrons. The first-order chi connectivity index (χ1) is 14.9. The number of carbonyl (C=O) groups excluding carboxylic acids is 1. The number of benzene rings is 3. The van der Waals surface area contributed by atoms with Gasteiger partial charge in [-0.2, -0.15) is 9.51 Å². The fourth-order valence-corrected chi connectivity index (χ4v) is 4.18. The zero-order valence-electron chi connectivity index (χ0n) is 17.0. The average Bonchev–Trinajstić information content (AvgIpc) is 2.79. The Labute approximate surface area is 181 Å². The number of nitrogens with one attached hydrogen (secondary N) is 1. The van der Waals surface area contributed by atoms with E-state index in [2.05, 4.69) is 9.51 Å². The summed E-state index contributed by atoms with van der Waals surface area (Å²) in [4.78, 5) is 16.2. The lowest BCUT2D eigenvalue weighted by Gasteiger charge is -2.16. The van der Waals surface area contributed by atoms with E-state index in [0.29, 0.717) is 11.3 Å². The first kappa shape index (κ1) is 22.1. The maximum absolute atomic E-state index is 13.0. The van der Waals surface area contributed by atoms with Gasteiger partial charge < -0.3 is 10.3 Å². The molecule has 1 N–H and O–H groups in total. The molecule has 0 fully saturated rings. The second-order valence-electron chi connectivity index (χ2n) is 6.82. The molecular weight excluding hydrogens is 414 g/mol. The number of sulfonamides is 1. The molecule has 158 valence electrons. The van der Waals surface area contributed by atoms with Crippen LogP contribution in [0.15, 0.2) is 83.8 Å². The van der Waals surface area contributed by atoms with E-state index < -0.39 is 21.8 Å². The van der Waals surface area contributed by atoms with Crippen LogP contribution < -0.4 is 9.46 Å². The molecule has 0 saturated carbocycles. The molecule has 3 aromatic carbocycles. The fourth-order valence-electron chi connectivity index (χ4n) is 2.99. The van der Waals surface area contributed by atoms with Crippen molar-refractivity contribution in [2.45, 2.75) is 17.9 Å². The molecule has 0 spiro atoms. The highest BCUT2D eigenvalue weighted by Crippen LogP contribution is 2.23. The summed E-state index contributed by atoms with van der Waals surface area (Å²) < 4.78 is 33.7. The van der Waals surface area contributed by atoms with Gasteiger partial charge in [0, 0.05) is 5.56 Å². The van der Waals surface area contributed by atoms with Gasteiger partial charge in [-0.1, -0.05) is 60.2 Å². The smallest absolute Gasteiger partial charge is 0.361 e. The van der Waals surface area contributed by atoms with Crippen LogP contribution in [-0.2, 0) is 10.0 Å². The van der Waals surface area contributed by atoms with Gasteiger partial charge in [0.2, 0.25) is 10.0 Å². The molecule has 3 rings (SSSR count). The van der Waals surface area contributed by atoms with Crippen LogP contribution in [0.5, 0.6) is 5.75 Å². The van der Waals surface area contributed by atoms with Gasteiger partial charge in [-0.3, -0.25) is 4.79 Å². The Hall–Kier alpha value is -3.58. The van der Waals surface area contributed by atoms with E-state index in [9.17, 15) is 18.7 Å². The molecular formula is C23H21N3O4S. The van der Waals surface area contributed by atoms with E-state index in [1.807, 2.05) is 6.92 Å². The molecule has 3 aromatic rings. The van der Waals surface area contributed by atoms with Crippen LogP contribution in [0.2, 0.25) is 0 Å². The number of methoxy groups -OCH3 is 1. The predicted molar refractivity (Wildman–Crippen MR) is 117 cm³/mol. The number of Topliss-reactive ketones (excluding diaryl/α,β-unsaturated/α-hetero) is 1. The summed E-state index contributed by atoms with van der Waals surface area (Å²) in [7, 11) is -2.53. The third kappa shape index (κ3) is 5.13. The summed E-state index contributed by atoms with van der Waals surface area (Å²) >= 11 is 0. The Morgan fingerprint density at radius 3 is 2.13 bits per heavy atom. The fraction of sp³-hybridized carbons (Fsp3) is 0.130. The summed E-state index contributed by atoms with van der Waals surface area (Å²) in [6, 6.07) is 19.7. The van der Waals surface area contributed by atoms with Gasteiger partial charge >= 0.3 is 5.71 Å². The van der Waals surface area contributed by atoms with Crippen LogP contribution in [-0.4, -0.2) is 31.8 Å². The first-order valence-corrected chi connectivity index (χ1v) is 10.9. The first-order valence-electron chi connectivity index (χ1n) is 9.40. The second kappa shape index (κ2) is 9.49. The molecule has 0 saturated heterocycles. The molecule has 0 aromatic heterocycles. The maximum atomic E-state index is 13.0. The topological polar surface area (TPSA) is 109 Å². The third-order valence-electron chi connectivity index (χ3n) is 4.70. The van der Waals surface area contributed by atoms with Crippen molar-refractivity contribution in [3.05, 3.63) is 101 Å². The lowest BCUT2D eigenvalue weighted by atomic mass is 9.96. The lowest BCUT2D eigenvalue weighted by Crippen LogP contribution is -2.38. The van der Waals surface area contributed by atoms with Crippen molar-refractivity contribution in [3.63, 3.8) is 0 Å². The summed E-state index contributed by atoms with van der Waals surface area (Å²) in [5, 5.41) is 0. The predicted octanol–water partition coefficient (Wildman–Crippen LogP) is 3.58. The summed E-state index contributed by atoms with van der Waals surface area (Å²) in [6.45, 7) is 1.85. The quantitative estimate of drug-likeness (QED) is 0.252. The van der Waals surface area contributed by atoms with Crippen molar-refractivity contribution in [3.8, 4) is 5.75 Å². The summed E-state index contributed by atoms with van der Waals surface area (Å²) in [5.41, 5.74) is 10.9. The molecule has 0 heterocycles. The molecule has 0 aliphatic carbocycles. The van der Waals surface area contributed by atoms with Gasteiger partial charge in [0.1, 0.15) is 5.75 Å². The SMILES string of the molecule is COc1ccc(C(NS(=O)(=O)c2ccc(C)cc2)C(=[N+]=[N-])C(=O)c2ccccc2)cc1. The largest absolute Gasteiger partial charge is 0.497 e. The van der Waals surface area contributed by atoms with Crippen LogP contribution in [0.3, 0.4) is 0 Å². The Bertz CT molecular complexity index is 1220. The molecule has 0 aliphatic heterocycles. The molecule has 0 amide bonds. The minimum absolute atomic E-state index is 0.0288. The van der Waals surface area contributed by atoms with Gasteiger partial charge in [-0.25, -0.2) is 8.42 Å². The number of aryl methyl sites for hydroxylation is 1. The average molecular weight is 436 g/mol. The number of ether oxygens (including phenoxy) is 1. The number of hydrogen-bond acceptors (Lipinski definition) is 4. The number of nitrogens with zero attached hydrogens (tertiary/aromatic N) is 2. The van der Waals surface area contributed by atoms with Crippen LogP contribution in [0, 0.1) is 6.92 Å². The third-order valence-corrected chi connectivity index (χ3v) is 6.14. The van der Waals surface area contributed by atoms with E-state index in [1.165, 1.54) is 19.2 Å². The van der Waals surface area contributed by atoms with Crippen molar-refractivity contribution in [2.75, 3.05) is 7.11 Å². The van der Waals surface area contributed by atoms with Crippen LogP contribution in [0.25, 0.3) is 5.53 Å². The Kier molecular flexibility index (Phi) is 6.77. The maximum Gasteiger partial charge on any atom is 0.361 e. The molecule has 8 heteroatoms. The highest BCUT2D eigenvalue weighted by atomic mass is 32.2. The Morgan fingerprint density at radius 1 is 0.968 bits per heavy atom. The number of rotatable bonds is 8. The minimum Gasteiger partial charge on any atom is -0.497 e. The van der Waals surface area contributed by atoms with Crippen molar-refractivity contribution in [1.82, 2.24) is 4.72 Å². The van der Waals surface area contributed by atoms with E-state index >= 15 is 0 Å². The van der Waals surface area contributed by atoms with Gasteiger partial charge in [-0.05, 0) is 36.8 Å². The van der Waals surface area contributed by atoms with E-state index in [1.54, 1.807) is 66.7 Å². The summed E-state index contributed by atoms with van der Waals surface area (Å²) in [5.74, 6) is -0.0451. The van der Waals surface area contributed by atoms with Crippen molar-refractivity contribution in [2.24, 2.45) is 0 Å². The Morgan fingerprint density at radius 2 is 1.58 bits per heavy atom. The van der Waals surface area contributed by atoms with E-state index in [4.69, 9.17) is 4.74 Å². The lowest BCUT2D eigenvalue weighted by molar-refractivity contribution is -0.0111. The molecule has 0 bridgehead atoms. The second-order valence-corrected chi connectivity index (χ2v) is 8.53. The van der Waals surface area contributed by atoms with E-state index in [-0.39, 0.29) is 16.2 Å².